The van der Waals surface area contributed by atoms with E-state index in [1.54, 1.807) is 24.3 Å². The van der Waals surface area contributed by atoms with E-state index in [0.29, 0.717) is 80.0 Å². The van der Waals surface area contributed by atoms with Gasteiger partial charge in [-0.1, -0.05) is 42.5 Å². The smallest absolute Gasteiger partial charge is 0.414 e. The van der Waals surface area contributed by atoms with Crippen LogP contribution in [0, 0.1) is 0 Å². The van der Waals surface area contributed by atoms with Crippen molar-refractivity contribution >= 4 is 78.3 Å². The number of fused-ring (bicyclic) bond motifs is 2. The number of benzene rings is 2. The topological polar surface area (TPSA) is 188 Å². The van der Waals surface area contributed by atoms with E-state index in [4.69, 9.17) is 22.9 Å². The molecule has 2 aromatic heterocycles. The SMILES string of the molecule is C=CCCOC(=O)[C@H](C)NP(=O)(OCC1OC(n2cnc3c(OCCC=C)nc([NH][Tl])nc32)[C@](C)(O)[C@@H]1O)SOc1cccc2ccccc12. The number of ether oxygens (including phenoxy) is 3. The van der Waals surface area contributed by atoms with E-state index in [2.05, 4.69) is 36.3 Å². The molecule has 0 bridgehead atoms. The molecular formula is C32H38N6O9PSTl. The monoisotopic (exact) mass is 918 g/mol. The molecule has 15 nitrogen and oxygen atoms in total. The third kappa shape index (κ3) is 8.67. The van der Waals surface area contributed by atoms with Gasteiger partial charge in [0.25, 0.3) is 0 Å². The minimum atomic E-state index is -4.10. The van der Waals surface area contributed by atoms with Crippen LogP contribution in [0.2, 0.25) is 0 Å². The zero-order valence-corrected chi connectivity index (χ0v) is 33.7. The van der Waals surface area contributed by atoms with Gasteiger partial charge < -0.3 is 8.92 Å². The van der Waals surface area contributed by atoms with E-state index in [-0.39, 0.29) is 12.5 Å². The van der Waals surface area contributed by atoms with Crippen LogP contribution < -0.4 is 17.1 Å². The predicted octanol–water partition coefficient (Wildman–Crippen LogP) is 4.39. The van der Waals surface area contributed by atoms with E-state index in [0.717, 1.165) is 10.8 Å². The van der Waals surface area contributed by atoms with Gasteiger partial charge in [0.2, 0.25) is 0 Å². The summed E-state index contributed by atoms with van der Waals surface area (Å²) >= 11 is 0.834. The Morgan fingerprint density at radius 3 is 2.70 bits per heavy atom. The number of nitrogens with zero attached hydrogens (tertiary/aromatic N) is 4. The van der Waals surface area contributed by atoms with Crippen molar-refractivity contribution < 1.29 is 42.5 Å². The van der Waals surface area contributed by atoms with Crippen molar-refractivity contribution in [3.8, 4) is 11.6 Å². The first-order valence-corrected chi connectivity index (χ1v) is 20.9. The molecule has 0 aliphatic carbocycles. The summed E-state index contributed by atoms with van der Waals surface area (Å²) in [5.41, 5.74) is -1.25. The second-order valence-corrected chi connectivity index (χ2v) is 16.3. The first kappa shape index (κ1) is 38.1. The molecule has 3 unspecified atom stereocenters. The summed E-state index contributed by atoms with van der Waals surface area (Å²) in [5.74, 6) is 0.311. The van der Waals surface area contributed by atoms with Crippen molar-refractivity contribution in [3.63, 3.8) is 0 Å². The van der Waals surface area contributed by atoms with Crippen molar-refractivity contribution in [2.45, 2.75) is 56.8 Å². The third-order valence-electron chi connectivity index (χ3n) is 7.74. The number of aliphatic hydroxyl groups excluding tert-OH is 1. The Morgan fingerprint density at radius 2 is 1.94 bits per heavy atom. The van der Waals surface area contributed by atoms with Crippen molar-refractivity contribution in [2.75, 3.05) is 22.9 Å². The molecule has 0 radical (unpaired) electrons. The van der Waals surface area contributed by atoms with Gasteiger partial charge in [0.05, 0.1) is 6.61 Å². The average Bonchev–Trinajstić information content (AvgIpc) is 3.63. The van der Waals surface area contributed by atoms with Crippen LogP contribution in [-0.4, -0.2) is 105 Å². The van der Waals surface area contributed by atoms with Crippen molar-refractivity contribution in [2.24, 2.45) is 0 Å². The van der Waals surface area contributed by atoms with Crippen LogP contribution in [0.5, 0.6) is 11.6 Å². The number of hydrogen-bond acceptors (Lipinski definition) is 14. The number of carbonyl (C=O) groups excluding carboxylic acids is 1. The number of aliphatic hydroxyl groups is 2. The summed E-state index contributed by atoms with van der Waals surface area (Å²) in [6.07, 6.45) is 1.90. The Labute approximate surface area is 309 Å². The van der Waals surface area contributed by atoms with Gasteiger partial charge in [-0.25, -0.2) is 0 Å². The van der Waals surface area contributed by atoms with Gasteiger partial charge >= 0.3 is 199 Å². The van der Waals surface area contributed by atoms with Gasteiger partial charge in [-0.2, -0.15) is 0 Å². The number of imidazole rings is 1. The van der Waals surface area contributed by atoms with Crippen LogP contribution in [0.4, 0.5) is 5.95 Å². The molecule has 4 N–H and O–H groups in total. The molecule has 1 saturated heterocycles. The van der Waals surface area contributed by atoms with E-state index in [1.807, 2.05) is 30.3 Å². The summed E-state index contributed by atoms with van der Waals surface area (Å²) in [6, 6.07) is 11.9. The second kappa shape index (κ2) is 16.9. The van der Waals surface area contributed by atoms with E-state index < -0.39 is 49.4 Å². The van der Waals surface area contributed by atoms with Gasteiger partial charge in [-0.3, -0.25) is 4.79 Å². The molecule has 6 atom stereocenters. The molecule has 18 heteroatoms. The summed E-state index contributed by atoms with van der Waals surface area (Å²) in [6.45, 7) is 6.07. The first-order chi connectivity index (χ1) is 24.0. The fraction of sp³-hybridized carbons (Fsp3) is 0.375. The Balaban J connectivity index is 1.37. The van der Waals surface area contributed by atoms with E-state index in [9.17, 15) is 19.6 Å². The minimum Gasteiger partial charge on any atom is -0.414 e. The summed E-state index contributed by atoms with van der Waals surface area (Å²) in [4.78, 5) is 26.0. The zero-order valence-electron chi connectivity index (χ0n) is 27.5. The zero-order chi connectivity index (χ0) is 35.9. The van der Waals surface area contributed by atoms with E-state index in [1.165, 1.54) is 24.7 Å². The molecule has 0 amide bonds. The van der Waals surface area contributed by atoms with Gasteiger partial charge in [0, 0.05) is 5.39 Å². The fourth-order valence-electron chi connectivity index (χ4n) is 5.11. The number of aromatic nitrogens is 4. The van der Waals surface area contributed by atoms with Crippen molar-refractivity contribution in [3.05, 3.63) is 74.1 Å². The van der Waals surface area contributed by atoms with Gasteiger partial charge in [-0.15, -0.1) is 6.58 Å². The molecule has 264 valence electrons. The number of anilines is 1. The molecule has 5 rings (SSSR count). The minimum absolute atomic E-state index is 0.103. The molecule has 3 heterocycles. The summed E-state index contributed by atoms with van der Waals surface area (Å²) in [7, 11) is 0. The van der Waals surface area contributed by atoms with Crippen LogP contribution in [0.25, 0.3) is 21.9 Å². The second-order valence-electron chi connectivity index (χ2n) is 11.5. The molecule has 4 aromatic rings. The molecule has 1 fully saturated rings. The number of carbonyl (C=O) groups is 1. The van der Waals surface area contributed by atoms with E-state index >= 15 is 0 Å². The van der Waals surface area contributed by atoms with Gasteiger partial charge in [-0.05, 0) is 24.8 Å². The molecular weight excluding hydrogens is 880 g/mol. The molecule has 1 aliphatic rings. The number of hydrogen-bond donors (Lipinski definition) is 4. The van der Waals surface area contributed by atoms with Gasteiger partial charge in [0.1, 0.15) is 11.8 Å². The Morgan fingerprint density at radius 1 is 1.20 bits per heavy atom. The first-order valence-electron chi connectivity index (χ1n) is 15.7. The predicted molar refractivity (Wildman–Crippen MR) is 190 cm³/mol. The average molecular weight is 918 g/mol. The Bertz CT molecular complexity index is 1880. The summed E-state index contributed by atoms with van der Waals surface area (Å²) < 4.78 is 47.9. The molecule has 2 aromatic carbocycles. The Hall–Kier alpha value is -3.10. The normalized spacial score (nSPS) is 22.1. The molecule has 0 saturated carbocycles. The van der Waals surface area contributed by atoms with Crippen LogP contribution in [0.1, 0.15) is 32.9 Å². The van der Waals surface area contributed by atoms with Crippen LogP contribution in [0.15, 0.2) is 74.1 Å². The number of nitrogens with one attached hydrogen (secondary N) is 2. The number of esters is 1. The standard InChI is InChI=1S/C32H38N6O9PS.Tl/c1-5-7-16-43-28-25-27(35-31(33)36-28)38(19-34-25)30-32(4,41)26(39)24(46-30)18-45-48(42,37-20(3)29(40)44-17-8-6-2)49-47-23-15-11-13-21-12-9-10-14-22(21)23;/h5-6,9-15,19-20,24,26,30,39,41H,1-2,7-8,16-18H2,3-4H3,(H2-,33,35,36,37,42);/q-1;+1/t20-,24?,26+,30?,32+,48?;/m0./s1. The van der Waals surface area contributed by atoms with Crippen LogP contribution in [0.3, 0.4) is 0 Å². The third-order valence-corrected chi connectivity index (χ3v) is 11.8. The van der Waals surface area contributed by atoms with Crippen molar-refractivity contribution in [1.29, 1.82) is 0 Å². The van der Waals surface area contributed by atoms with Gasteiger partial charge in [0.15, 0.2) is 0 Å². The van der Waals surface area contributed by atoms with Crippen LogP contribution >= 0.6 is 18.4 Å². The fourth-order valence-corrected chi connectivity index (χ4v) is 8.47. The Kier molecular flexibility index (Phi) is 12.9. The van der Waals surface area contributed by atoms with Crippen LogP contribution in [-0.2, 0) is 23.4 Å². The number of rotatable bonds is 18. The van der Waals surface area contributed by atoms with Crippen molar-refractivity contribution in [1.82, 2.24) is 24.6 Å². The molecule has 0 spiro atoms. The quantitative estimate of drug-likeness (QED) is 0.0275. The molecule has 50 heavy (non-hydrogen) atoms. The maximum absolute atomic E-state index is 14.3. The summed E-state index contributed by atoms with van der Waals surface area (Å²) in [5, 5.41) is 27.2. The molecule has 1 aliphatic heterocycles. The maximum atomic E-state index is 14.3.